The lowest BCUT2D eigenvalue weighted by molar-refractivity contribution is 0.0559. The molecule has 0 N–H and O–H groups in total. The maximum atomic E-state index is 13.5. The number of halogens is 11. The summed E-state index contributed by atoms with van der Waals surface area (Å²) < 4.78 is -2.26. The maximum Gasteiger partial charge on any atom is 0.205 e. The third kappa shape index (κ3) is 3.30. The van der Waals surface area contributed by atoms with Gasteiger partial charge < -0.3 is 0 Å². The van der Waals surface area contributed by atoms with Crippen molar-refractivity contribution in [3.05, 3.63) is 0 Å². The summed E-state index contributed by atoms with van der Waals surface area (Å²) in [6.07, 6.45) is 0. The van der Waals surface area contributed by atoms with Crippen molar-refractivity contribution in [3.8, 4) is 0 Å². The highest BCUT2D eigenvalue weighted by Gasteiger charge is 2.84. The molecule has 1 fully saturated rings. The van der Waals surface area contributed by atoms with E-state index in [0.717, 1.165) is 0 Å². The summed E-state index contributed by atoms with van der Waals surface area (Å²) in [4.78, 5) is 0. The van der Waals surface area contributed by atoms with Crippen LogP contribution in [0, 0.1) is 0 Å². The highest BCUT2D eigenvalue weighted by Crippen LogP contribution is 2.82. The van der Waals surface area contributed by atoms with E-state index in [0.29, 0.717) is 0 Å². The fraction of sp³-hybridized carbons (Fsp3) is 1.00. The zero-order valence-electron chi connectivity index (χ0n) is 7.57. The van der Waals surface area contributed by atoms with Crippen LogP contribution in [0.3, 0.4) is 0 Å². The van der Waals surface area contributed by atoms with E-state index in [1.54, 1.807) is 0 Å². The number of rotatable bonds is 0. The van der Waals surface area contributed by atoms with E-state index in [9.17, 15) is 5.11 Å². The van der Waals surface area contributed by atoms with Crippen LogP contribution in [-0.4, -0.2) is 10.8 Å². The molecular formula is C6I11O. The average molecular weight is 1480 g/mol. The van der Waals surface area contributed by atoms with Crippen molar-refractivity contribution in [2.75, 3.05) is 0 Å². The zero-order chi connectivity index (χ0) is 15.0. The van der Waals surface area contributed by atoms with Crippen LogP contribution in [0.4, 0.5) is 0 Å². The van der Waals surface area contributed by atoms with Crippen LogP contribution >= 0.6 is 248 Å². The van der Waals surface area contributed by atoms with Gasteiger partial charge in [0.15, 0.2) is 0 Å². The van der Waals surface area contributed by atoms with E-state index < -0.39 is 6.46 Å². The first kappa shape index (κ1) is 24.0. The maximum absolute atomic E-state index is 13.5. The van der Waals surface area contributed by atoms with Crippen molar-refractivity contribution in [1.82, 2.24) is 0 Å². The fourth-order valence-electron chi connectivity index (χ4n) is 1.19. The molecule has 0 spiro atoms. The monoisotopic (exact) mass is 1480 g/mol. The topological polar surface area (TPSA) is 19.9 Å². The van der Waals surface area contributed by atoms with E-state index >= 15 is 0 Å². The molecule has 0 aromatic carbocycles. The highest BCUT2D eigenvalue weighted by atomic mass is 127. The van der Waals surface area contributed by atoms with E-state index in [-0.39, 0.29) is 4.29 Å². The summed E-state index contributed by atoms with van der Waals surface area (Å²) in [5, 5.41) is 13.5. The molecule has 1 aliphatic rings. The van der Waals surface area contributed by atoms with Crippen LogP contribution in [0.15, 0.2) is 0 Å². The molecule has 0 saturated heterocycles. The quantitative estimate of drug-likeness (QED) is 0.172. The Bertz CT molecular complexity index is 253. The minimum Gasteiger partial charge on any atom is -0.213 e. The van der Waals surface area contributed by atoms with Gasteiger partial charge in [-0.05, 0) is 22.6 Å². The van der Waals surface area contributed by atoms with E-state index in [2.05, 4.69) is 248 Å². The molecular weight excluding hydrogens is 1480 g/mol. The standard InChI is InChI=1S/C6I11O/c7-1(8)2(9,10)4(13,14)6(17,18)5(15,16)3(1,11)12. The van der Waals surface area contributed by atoms with Gasteiger partial charge in [0.25, 0.3) is 0 Å². The van der Waals surface area contributed by atoms with Gasteiger partial charge >= 0.3 is 0 Å². The lowest BCUT2D eigenvalue weighted by Crippen LogP contribution is -2.77. The Hall–Kier alpha value is 7.99. The molecule has 1 rings (SSSR count). The molecule has 0 aromatic rings. The summed E-state index contributed by atoms with van der Waals surface area (Å²) in [6, 6.07) is 0. The average Bonchev–Trinajstić information content (AvgIpc) is 2.14. The van der Waals surface area contributed by atoms with Crippen molar-refractivity contribution < 1.29 is 5.11 Å². The third-order valence-corrected chi connectivity index (χ3v) is 40.6. The van der Waals surface area contributed by atoms with Crippen LogP contribution in [0.5, 0.6) is 0 Å². The SMILES string of the molecule is [O]C1(I)C(I)(I)C(I)(I)C(I)(I)C(I)(I)C1(I)I. The lowest BCUT2D eigenvalue weighted by atomic mass is 9.97. The van der Waals surface area contributed by atoms with Crippen LogP contribution in [0.2, 0.25) is 0 Å². The van der Waals surface area contributed by atoms with E-state index in [1.807, 2.05) is 0 Å². The molecule has 0 heterocycles. The van der Waals surface area contributed by atoms with Gasteiger partial charge in [0.2, 0.25) is 3.61 Å². The minimum atomic E-state index is -1.08. The Kier molecular flexibility index (Phi) is 9.92. The highest BCUT2D eigenvalue weighted by molar-refractivity contribution is 14.2. The van der Waals surface area contributed by atoms with Crippen molar-refractivity contribution in [2.45, 2.75) is 10.8 Å². The van der Waals surface area contributed by atoms with Gasteiger partial charge in [-0.25, -0.2) is 5.11 Å². The largest absolute Gasteiger partial charge is 0.213 e. The first-order valence-corrected chi connectivity index (χ1v) is 15.6. The second-order valence-electron chi connectivity index (χ2n) is 3.47. The van der Waals surface area contributed by atoms with Crippen molar-refractivity contribution in [2.24, 2.45) is 0 Å². The molecule has 0 aliphatic heterocycles. The van der Waals surface area contributed by atoms with Crippen LogP contribution in [-0.2, 0) is 5.11 Å². The smallest absolute Gasteiger partial charge is 0.205 e. The van der Waals surface area contributed by atoms with Gasteiger partial charge in [-0.15, -0.1) is 0 Å². The summed E-state index contributed by atoms with van der Waals surface area (Å²) >= 11 is 26.6. The molecule has 18 heavy (non-hydrogen) atoms. The number of alkyl halides is 11. The van der Waals surface area contributed by atoms with Gasteiger partial charge in [-0.1, -0.05) is 226 Å². The van der Waals surface area contributed by atoms with Gasteiger partial charge in [0.1, 0.15) is 7.14 Å². The van der Waals surface area contributed by atoms with Gasteiger partial charge in [0, 0.05) is 0 Å². The summed E-state index contributed by atoms with van der Waals surface area (Å²) in [6.45, 7) is 0. The Labute approximate surface area is 256 Å². The third-order valence-electron chi connectivity index (χ3n) is 2.39. The van der Waals surface area contributed by atoms with Crippen LogP contribution in [0.1, 0.15) is 0 Å². The zero-order valence-corrected chi connectivity index (χ0v) is 31.3. The summed E-state index contributed by atoms with van der Waals surface area (Å²) in [5.41, 5.74) is 0. The predicted octanol–water partition coefficient (Wildman–Crippen LogP) is 8.39. The van der Waals surface area contributed by atoms with Crippen molar-refractivity contribution in [3.63, 3.8) is 0 Å². The molecule has 0 bridgehead atoms. The molecule has 1 nitrogen and oxygen atoms in total. The molecule has 1 saturated carbocycles. The first-order chi connectivity index (χ1) is 7.50. The minimum absolute atomic E-state index is 0.0540. The molecule has 0 amide bonds. The van der Waals surface area contributed by atoms with Gasteiger partial charge in [-0.2, -0.15) is 0 Å². The molecule has 0 aromatic heterocycles. The van der Waals surface area contributed by atoms with E-state index in [1.165, 1.54) is 0 Å². The Morgan fingerprint density at radius 2 is 0.556 bits per heavy atom. The van der Waals surface area contributed by atoms with Crippen molar-refractivity contribution >= 4 is 248 Å². The van der Waals surface area contributed by atoms with Crippen LogP contribution < -0.4 is 0 Å². The van der Waals surface area contributed by atoms with Gasteiger partial charge in [-0.3, -0.25) is 0 Å². The summed E-state index contributed by atoms with van der Waals surface area (Å²) in [7, 11) is 0. The first-order valence-electron chi connectivity index (χ1n) is 3.78. The lowest BCUT2D eigenvalue weighted by Gasteiger charge is -2.63. The molecule has 12 heteroatoms. The second-order valence-corrected chi connectivity index (χ2v) is 31.5. The summed E-state index contributed by atoms with van der Waals surface area (Å²) in [5.74, 6) is 0. The molecule has 107 valence electrons. The fourth-order valence-corrected chi connectivity index (χ4v) is 20.3. The van der Waals surface area contributed by atoms with Crippen molar-refractivity contribution in [1.29, 1.82) is 0 Å². The molecule has 1 radical (unpaired) electrons. The van der Waals surface area contributed by atoms with Gasteiger partial charge in [0.05, 0.1) is 0 Å². The molecule has 0 atom stereocenters. The predicted molar refractivity (Wildman–Crippen MR) is 171 cm³/mol. The Morgan fingerprint density at radius 3 is 0.778 bits per heavy atom. The second kappa shape index (κ2) is 7.43. The number of hydrogen-bond donors (Lipinski definition) is 0. The van der Waals surface area contributed by atoms with Crippen LogP contribution in [0.25, 0.3) is 0 Å². The Morgan fingerprint density at radius 1 is 0.389 bits per heavy atom. The normalized spacial score (nSPS) is 34.0. The molecule has 1 aliphatic carbocycles. The Balaban J connectivity index is 3.72. The number of hydrogen-bond acceptors (Lipinski definition) is 0. The van der Waals surface area contributed by atoms with E-state index in [4.69, 9.17) is 0 Å². The molecule has 0 unspecified atom stereocenters.